The molecule has 2 aromatic heterocycles. The summed E-state index contributed by atoms with van der Waals surface area (Å²) in [6, 6.07) is 8.47. The number of aromatic nitrogens is 2. The standard InChI is InChI=1S/C22H25N3O3/c1-12(2)23-11-16-7-15-9-17-13(10-19(15)25(16)3)5-4-6-14-8-18(22(27)28)21(26)24-20(14)17/h7-10,12,23H,4-6,11H2,1-3H3,(H,24,26)(H,27,28). The van der Waals surface area contributed by atoms with Gasteiger partial charge in [0.2, 0.25) is 0 Å². The van der Waals surface area contributed by atoms with Gasteiger partial charge in [-0.2, -0.15) is 0 Å². The number of rotatable bonds is 4. The molecule has 2 heterocycles. The molecule has 0 radical (unpaired) electrons. The minimum atomic E-state index is -1.19. The first-order valence-corrected chi connectivity index (χ1v) is 9.69. The van der Waals surface area contributed by atoms with Crippen LogP contribution in [0.5, 0.6) is 0 Å². The molecular formula is C22H25N3O3. The minimum Gasteiger partial charge on any atom is -0.477 e. The molecule has 0 aliphatic heterocycles. The van der Waals surface area contributed by atoms with E-state index in [0.717, 1.165) is 48.0 Å². The molecule has 0 atom stereocenters. The number of aryl methyl sites for hydroxylation is 3. The third-order valence-electron chi connectivity index (χ3n) is 5.57. The lowest BCUT2D eigenvalue weighted by molar-refractivity contribution is 0.0695. The Morgan fingerprint density at radius 3 is 2.68 bits per heavy atom. The Morgan fingerprint density at radius 2 is 1.96 bits per heavy atom. The number of hydrogen-bond acceptors (Lipinski definition) is 3. The van der Waals surface area contributed by atoms with Gasteiger partial charge in [0.25, 0.3) is 5.56 Å². The van der Waals surface area contributed by atoms with Gasteiger partial charge in [-0.25, -0.2) is 4.79 Å². The van der Waals surface area contributed by atoms with Gasteiger partial charge >= 0.3 is 5.97 Å². The van der Waals surface area contributed by atoms with Crippen LogP contribution in [0.15, 0.2) is 29.1 Å². The first-order chi connectivity index (χ1) is 13.3. The van der Waals surface area contributed by atoms with Gasteiger partial charge in [0.15, 0.2) is 0 Å². The quantitative estimate of drug-likeness (QED) is 0.650. The lowest BCUT2D eigenvalue weighted by atomic mass is 9.99. The van der Waals surface area contributed by atoms with Gasteiger partial charge in [0.1, 0.15) is 5.56 Å². The van der Waals surface area contributed by atoms with Crippen molar-refractivity contribution in [3.63, 3.8) is 0 Å². The highest BCUT2D eigenvalue weighted by molar-refractivity contribution is 5.90. The second kappa shape index (κ2) is 6.95. The molecule has 0 amide bonds. The summed E-state index contributed by atoms with van der Waals surface area (Å²) in [7, 11) is 2.08. The van der Waals surface area contributed by atoms with Crippen LogP contribution in [0.2, 0.25) is 0 Å². The zero-order valence-electron chi connectivity index (χ0n) is 16.4. The summed E-state index contributed by atoms with van der Waals surface area (Å²) in [6.07, 6.45) is 2.57. The number of H-pyrrole nitrogens is 1. The number of hydrogen-bond donors (Lipinski definition) is 3. The number of carboxylic acids is 1. The SMILES string of the molecule is CC(C)NCc1cc2cc3c(cc2n1C)CCCc1cc(C(=O)O)c(=O)[nH]c1-3. The average Bonchev–Trinajstić information content (AvgIpc) is 2.84. The summed E-state index contributed by atoms with van der Waals surface area (Å²) in [4.78, 5) is 26.5. The minimum absolute atomic E-state index is 0.190. The molecule has 146 valence electrons. The summed E-state index contributed by atoms with van der Waals surface area (Å²) in [5, 5.41) is 13.9. The Kier molecular flexibility index (Phi) is 4.59. The topological polar surface area (TPSA) is 87.1 Å². The maximum absolute atomic E-state index is 12.3. The van der Waals surface area contributed by atoms with Crippen LogP contribution in [-0.4, -0.2) is 26.7 Å². The predicted octanol–water partition coefficient (Wildman–Crippen LogP) is 3.22. The number of fused-ring (bicyclic) bond motifs is 4. The number of nitrogens with zero attached hydrogens (tertiary/aromatic N) is 1. The summed E-state index contributed by atoms with van der Waals surface area (Å²) in [5.74, 6) is -1.19. The second-order valence-corrected chi connectivity index (χ2v) is 7.87. The van der Waals surface area contributed by atoms with Gasteiger partial charge in [0, 0.05) is 41.8 Å². The number of nitrogens with one attached hydrogen (secondary N) is 2. The third kappa shape index (κ3) is 3.14. The highest BCUT2D eigenvalue weighted by Gasteiger charge is 2.21. The molecule has 1 aliphatic rings. The smallest absolute Gasteiger partial charge is 0.341 e. The average molecular weight is 379 g/mol. The maximum atomic E-state index is 12.3. The molecule has 1 aliphatic carbocycles. The van der Waals surface area contributed by atoms with E-state index >= 15 is 0 Å². The molecule has 1 aromatic carbocycles. The number of benzene rings is 1. The highest BCUT2D eigenvalue weighted by Crippen LogP contribution is 2.34. The van der Waals surface area contributed by atoms with Crippen molar-refractivity contribution < 1.29 is 9.90 Å². The van der Waals surface area contributed by atoms with Crippen LogP contribution in [0.4, 0.5) is 0 Å². The molecule has 0 unspecified atom stereocenters. The molecule has 6 heteroatoms. The molecule has 3 aromatic rings. The van der Waals surface area contributed by atoms with Crippen molar-refractivity contribution in [2.24, 2.45) is 7.05 Å². The Bertz CT molecular complexity index is 1140. The normalized spacial score (nSPS) is 13.4. The third-order valence-corrected chi connectivity index (χ3v) is 5.57. The van der Waals surface area contributed by atoms with Gasteiger partial charge in [0.05, 0.1) is 5.69 Å². The van der Waals surface area contributed by atoms with E-state index in [9.17, 15) is 14.7 Å². The van der Waals surface area contributed by atoms with Crippen molar-refractivity contribution in [2.75, 3.05) is 0 Å². The molecule has 0 spiro atoms. The molecule has 0 fully saturated rings. The van der Waals surface area contributed by atoms with Gasteiger partial charge in [-0.05, 0) is 54.7 Å². The molecule has 4 rings (SSSR count). The van der Waals surface area contributed by atoms with Crippen LogP contribution in [0, 0.1) is 0 Å². The van der Waals surface area contributed by atoms with Crippen LogP contribution in [0.3, 0.4) is 0 Å². The molecule has 28 heavy (non-hydrogen) atoms. The van der Waals surface area contributed by atoms with Gasteiger partial charge in [-0.15, -0.1) is 0 Å². The van der Waals surface area contributed by atoms with E-state index in [-0.39, 0.29) is 5.56 Å². The van der Waals surface area contributed by atoms with Gasteiger partial charge < -0.3 is 20.0 Å². The second-order valence-electron chi connectivity index (χ2n) is 7.87. The zero-order valence-corrected chi connectivity index (χ0v) is 16.4. The predicted molar refractivity (Wildman–Crippen MR) is 110 cm³/mol. The van der Waals surface area contributed by atoms with E-state index < -0.39 is 11.5 Å². The highest BCUT2D eigenvalue weighted by atomic mass is 16.4. The molecule has 0 bridgehead atoms. The van der Waals surface area contributed by atoms with E-state index in [0.29, 0.717) is 6.04 Å². The van der Waals surface area contributed by atoms with Crippen LogP contribution < -0.4 is 10.9 Å². The summed E-state index contributed by atoms with van der Waals surface area (Å²) >= 11 is 0. The number of aromatic carboxylic acids is 1. The summed E-state index contributed by atoms with van der Waals surface area (Å²) in [5.41, 5.74) is 5.49. The van der Waals surface area contributed by atoms with Crippen LogP contribution >= 0.6 is 0 Å². The Morgan fingerprint density at radius 1 is 1.21 bits per heavy atom. The van der Waals surface area contributed by atoms with Crippen LogP contribution in [0.25, 0.3) is 22.2 Å². The van der Waals surface area contributed by atoms with Crippen molar-refractivity contribution in [1.29, 1.82) is 0 Å². The van der Waals surface area contributed by atoms with Crippen molar-refractivity contribution >= 4 is 16.9 Å². The first kappa shape index (κ1) is 18.5. The number of carbonyl (C=O) groups is 1. The molecular weight excluding hydrogens is 354 g/mol. The summed E-state index contributed by atoms with van der Waals surface area (Å²) in [6.45, 7) is 5.05. The number of aromatic amines is 1. The van der Waals surface area contributed by atoms with Crippen molar-refractivity contribution in [3.05, 3.63) is 57.0 Å². The lowest BCUT2D eigenvalue weighted by Crippen LogP contribution is -2.22. The Balaban J connectivity index is 1.88. The Hall–Kier alpha value is -2.86. The number of carboxylic acid groups (broad SMARTS) is 1. The van der Waals surface area contributed by atoms with E-state index in [1.54, 1.807) is 6.07 Å². The molecule has 3 N–H and O–H groups in total. The number of pyridine rings is 1. The molecule has 0 saturated carbocycles. The van der Waals surface area contributed by atoms with Gasteiger partial charge in [-0.1, -0.05) is 13.8 Å². The van der Waals surface area contributed by atoms with Gasteiger partial charge in [-0.3, -0.25) is 4.79 Å². The monoisotopic (exact) mass is 379 g/mol. The first-order valence-electron chi connectivity index (χ1n) is 9.69. The summed E-state index contributed by atoms with van der Waals surface area (Å²) < 4.78 is 2.22. The van der Waals surface area contributed by atoms with Crippen LogP contribution in [-0.2, 0) is 26.4 Å². The van der Waals surface area contributed by atoms with E-state index in [4.69, 9.17) is 0 Å². The van der Waals surface area contributed by atoms with Crippen molar-refractivity contribution in [1.82, 2.24) is 14.9 Å². The fourth-order valence-corrected chi connectivity index (χ4v) is 4.04. The molecule has 6 nitrogen and oxygen atoms in total. The Labute approximate surface area is 163 Å². The zero-order chi connectivity index (χ0) is 20.0. The van der Waals surface area contributed by atoms with E-state index in [1.165, 1.54) is 16.8 Å². The van der Waals surface area contributed by atoms with Crippen molar-refractivity contribution in [2.45, 2.75) is 45.7 Å². The fourth-order valence-electron chi connectivity index (χ4n) is 4.04. The largest absolute Gasteiger partial charge is 0.477 e. The maximum Gasteiger partial charge on any atom is 0.341 e. The van der Waals surface area contributed by atoms with E-state index in [2.05, 4.69) is 54.0 Å². The van der Waals surface area contributed by atoms with Crippen molar-refractivity contribution in [3.8, 4) is 11.3 Å². The molecule has 0 saturated heterocycles. The van der Waals surface area contributed by atoms with E-state index in [1.807, 2.05) is 0 Å². The fraction of sp³-hybridized carbons (Fsp3) is 0.364. The van der Waals surface area contributed by atoms with Crippen LogP contribution in [0.1, 0.15) is 47.4 Å². The lowest BCUT2D eigenvalue weighted by Gasteiger charge is -2.11.